The van der Waals surface area contributed by atoms with Gasteiger partial charge >= 0.3 is 5.97 Å². The van der Waals surface area contributed by atoms with Crippen molar-refractivity contribution in [2.45, 2.75) is 85.9 Å². The van der Waals surface area contributed by atoms with E-state index in [-0.39, 0.29) is 30.4 Å². The van der Waals surface area contributed by atoms with Crippen LogP contribution in [0, 0.1) is 11.3 Å². The molecule has 0 spiro atoms. The fraction of sp³-hybridized carbons (Fsp3) is 0.621. The highest BCUT2D eigenvalue weighted by atomic mass is 16.5. The van der Waals surface area contributed by atoms with E-state index in [1.165, 1.54) is 0 Å². The second kappa shape index (κ2) is 13.0. The van der Waals surface area contributed by atoms with Crippen LogP contribution >= 0.6 is 0 Å². The van der Waals surface area contributed by atoms with Crippen molar-refractivity contribution in [2.24, 2.45) is 11.3 Å². The molecular weight excluding hydrogens is 454 g/mol. The smallest absolute Gasteiger partial charge is 0.333 e. The van der Waals surface area contributed by atoms with Crippen LogP contribution in [-0.2, 0) is 24.5 Å². The Morgan fingerprint density at radius 3 is 2.03 bits per heavy atom. The van der Waals surface area contributed by atoms with E-state index >= 15 is 0 Å². The minimum absolute atomic E-state index is 0.0433. The Morgan fingerprint density at radius 1 is 1.03 bits per heavy atom. The molecule has 0 aliphatic carbocycles. The molecule has 202 valence electrons. The number of ether oxygens (including phenoxy) is 1. The molecule has 0 saturated carbocycles. The van der Waals surface area contributed by atoms with Crippen LogP contribution in [0.4, 0.5) is 0 Å². The predicted molar refractivity (Wildman–Crippen MR) is 145 cm³/mol. The number of carbonyl (C=O) groups excluding carboxylic acids is 3. The summed E-state index contributed by atoms with van der Waals surface area (Å²) in [6, 6.07) is 8.19. The third kappa shape index (κ3) is 7.92. The number of nitrogens with one attached hydrogen (secondary N) is 2. The fourth-order valence-electron chi connectivity index (χ4n) is 4.40. The summed E-state index contributed by atoms with van der Waals surface area (Å²) in [5.74, 6) is -0.811. The van der Waals surface area contributed by atoms with Crippen LogP contribution in [0.1, 0.15) is 67.9 Å². The number of esters is 1. The Morgan fingerprint density at radius 2 is 1.58 bits per heavy atom. The molecule has 0 aliphatic rings. The summed E-state index contributed by atoms with van der Waals surface area (Å²) in [6.07, 6.45) is 1.77. The highest BCUT2D eigenvalue weighted by Gasteiger charge is 2.41. The molecule has 1 unspecified atom stereocenters. The van der Waals surface area contributed by atoms with E-state index in [4.69, 9.17) is 4.74 Å². The van der Waals surface area contributed by atoms with Crippen molar-refractivity contribution in [3.63, 3.8) is 0 Å². The van der Waals surface area contributed by atoms with Gasteiger partial charge in [-0.05, 0) is 37.8 Å². The molecule has 2 amide bonds. The van der Waals surface area contributed by atoms with Crippen molar-refractivity contribution in [3.05, 3.63) is 47.5 Å². The van der Waals surface area contributed by atoms with Gasteiger partial charge in [-0.1, -0.05) is 84.9 Å². The number of likely N-dealkylation sites (N-methyl/N-ethyl adjacent to an activating group) is 2. The highest BCUT2D eigenvalue weighted by molar-refractivity contribution is 5.92. The highest BCUT2D eigenvalue weighted by Crippen LogP contribution is 2.29. The zero-order valence-corrected chi connectivity index (χ0v) is 24.1. The van der Waals surface area contributed by atoms with E-state index in [1.54, 1.807) is 38.9 Å². The third-order valence-corrected chi connectivity index (χ3v) is 6.69. The SMILES string of the molecule is CCOC(=O)C(C)=C[C@H](C(C)C)N(C)C(=O)[C@H](NC(=O)C(NC)C(C)(C)c1ccccc1)C(C)(C)C. The Kier molecular flexibility index (Phi) is 11.4. The van der Waals surface area contributed by atoms with Gasteiger partial charge < -0.3 is 20.3 Å². The first-order chi connectivity index (χ1) is 16.6. The second-order valence-electron chi connectivity index (χ2n) is 11.4. The second-order valence-corrected chi connectivity index (χ2v) is 11.4. The maximum atomic E-state index is 13.8. The minimum atomic E-state index is -0.769. The first-order valence-electron chi connectivity index (χ1n) is 12.7. The molecule has 0 aromatic heterocycles. The molecule has 1 aromatic carbocycles. The van der Waals surface area contributed by atoms with Crippen LogP contribution in [0.25, 0.3) is 0 Å². The fourth-order valence-corrected chi connectivity index (χ4v) is 4.40. The van der Waals surface area contributed by atoms with Gasteiger partial charge in [0.2, 0.25) is 11.8 Å². The third-order valence-electron chi connectivity index (χ3n) is 6.69. The molecule has 2 N–H and O–H groups in total. The minimum Gasteiger partial charge on any atom is -0.463 e. The predicted octanol–water partition coefficient (Wildman–Crippen LogP) is 4.08. The summed E-state index contributed by atoms with van der Waals surface area (Å²) < 4.78 is 5.11. The molecule has 0 fully saturated rings. The maximum absolute atomic E-state index is 13.8. The quantitative estimate of drug-likeness (QED) is 0.352. The zero-order valence-electron chi connectivity index (χ0n) is 24.1. The molecule has 3 atom stereocenters. The van der Waals surface area contributed by atoms with Gasteiger partial charge in [0.15, 0.2) is 0 Å². The van der Waals surface area contributed by atoms with Crippen molar-refractivity contribution in [1.82, 2.24) is 15.5 Å². The maximum Gasteiger partial charge on any atom is 0.333 e. The molecule has 7 nitrogen and oxygen atoms in total. The first-order valence-corrected chi connectivity index (χ1v) is 12.7. The van der Waals surface area contributed by atoms with Crippen LogP contribution in [0.15, 0.2) is 42.0 Å². The lowest BCUT2D eigenvalue weighted by Gasteiger charge is -2.40. The molecule has 0 saturated heterocycles. The standard InChI is InChI=1S/C29H47N3O4/c1-12-36-27(35)20(4)18-22(19(2)3)32(11)26(34)24(28(5,6)7)31-25(33)23(30-10)29(8,9)21-16-14-13-15-17-21/h13-19,22-24,30H,12H2,1-11H3,(H,31,33)/t22-,23?,24+/m1/s1. The number of carbonyl (C=O) groups is 3. The topological polar surface area (TPSA) is 87.7 Å². The number of benzene rings is 1. The van der Waals surface area contributed by atoms with Gasteiger partial charge in [-0.3, -0.25) is 9.59 Å². The van der Waals surface area contributed by atoms with E-state index in [0.29, 0.717) is 5.57 Å². The zero-order chi connectivity index (χ0) is 27.8. The molecule has 0 radical (unpaired) electrons. The van der Waals surface area contributed by atoms with Gasteiger partial charge in [-0.25, -0.2) is 4.79 Å². The van der Waals surface area contributed by atoms with Crippen LogP contribution in [-0.4, -0.2) is 61.5 Å². The summed E-state index contributed by atoms with van der Waals surface area (Å²) in [5.41, 5.74) is 0.413. The average Bonchev–Trinajstić information content (AvgIpc) is 2.80. The molecule has 1 rings (SSSR count). The lowest BCUT2D eigenvalue weighted by atomic mass is 9.76. The van der Waals surface area contributed by atoms with Crippen molar-refractivity contribution >= 4 is 17.8 Å². The van der Waals surface area contributed by atoms with Gasteiger partial charge in [0.25, 0.3) is 0 Å². The largest absolute Gasteiger partial charge is 0.463 e. The van der Waals surface area contributed by atoms with Crippen molar-refractivity contribution in [1.29, 1.82) is 0 Å². The molecule has 0 bridgehead atoms. The van der Waals surface area contributed by atoms with Crippen LogP contribution in [0.2, 0.25) is 0 Å². The Labute approximate surface area is 218 Å². The van der Waals surface area contributed by atoms with Crippen LogP contribution in [0.5, 0.6) is 0 Å². The van der Waals surface area contributed by atoms with Crippen LogP contribution in [0.3, 0.4) is 0 Å². The monoisotopic (exact) mass is 501 g/mol. The van der Waals surface area contributed by atoms with Gasteiger partial charge in [0.1, 0.15) is 6.04 Å². The number of amides is 2. The molecule has 0 aliphatic heterocycles. The molecule has 36 heavy (non-hydrogen) atoms. The number of nitrogens with zero attached hydrogens (tertiary/aromatic N) is 1. The van der Waals surface area contributed by atoms with E-state index in [9.17, 15) is 14.4 Å². The molecule has 0 heterocycles. The van der Waals surface area contributed by atoms with Crippen molar-refractivity contribution in [3.8, 4) is 0 Å². The van der Waals surface area contributed by atoms with Gasteiger partial charge in [-0.2, -0.15) is 0 Å². The number of rotatable bonds is 11. The summed E-state index contributed by atoms with van der Waals surface area (Å²) >= 11 is 0. The van der Waals surface area contributed by atoms with Crippen molar-refractivity contribution in [2.75, 3.05) is 20.7 Å². The van der Waals surface area contributed by atoms with E-state index < -0.39 is 28.9 Å². The summed E-state index contributed by atoms with van der Waals surface area (Å²) in [6.45, 7) is 17.6. The summed E-state index contributed by atoms with van der Waals surface area (Å²) in [5, 5.41) is 6.21. The lowest BCUT2D eigenvalue weighted by Crippen LogP contribution is -2.61. The molecule has 7 heteroatoms. The normalized spacial score (nSPS) is 15.2. The number of hydrogen-bond donors (Lipinski definition) is 2. The summed E-state index contributed by atoms with van der Waals surface area (Å²) in [7, 11) is 3.48. The van der Waals surface area contributed by atoms with Gasteiger partial charge in [0.05, 0.1) is 18.7 Å². The van der Waals surface area contributed by atoms with E-state index in [1.807, 2.05) is 78.8 Å². The first kappa shape index (κ1) is 31.4. The summed E-state index contributed by atoms with van der Waals surface area (Å²) in [4.78, 5) is 41.2. The van der Waals surface area contributed by atoms with Crippen molar-refractivity contribution < 1.29 is 19.1 Å². The average molecular weight is 502 g/mol. The van der Waals surface area contributed by atoms with Gasteiger partial charge in [-0.15, -0.1) is 0 Å². The van der Waals surface area contributed by atoms with Gasteiger partial charge in [0, 0.05) is 18.0 Å². The van der Waals surface area contributed by atoms with E-state index in [0.717, 1.165) is 5.56 Å². The Bertz CT molecular complexity index is 916. The van der Waals surface area contributed by atoms with E-state index in [2.05, 4.69) is 10.6 Å². The number of hydrogen-bond acceptors (Lipinski definition) is 5. The molecule has 1 aromatic rings. The Hall–Kier alpha value is -2.67. The lowest BCUT2D eigenvalue weighted by molar-refractivity contribution is -0.141. The van der Waals surface area contributed by atoms with Crippen LogP contribution < -0.4 is 10.6 Å². The molecular formula is C29H47N3O4. The Balaban J connectivity index is 3.28.